The highest BCUT2D eigenvalue weighted by molar-refractivity contribution is 5.54. The van der Waals surface area contributed by atoms with Crippen LogP contribution in [0.3, 0.4) is 0 Å². The largest absolute Gasteiger partial charge is 0.396 e. The number of nitrogens with one attached hydrogen (secondary N) is 1. The Balaban J connectivity index is 2.77. The molecule has 0 radical (unpaired) electrons. The fourth-order valence-electron chi connectivity index (χ4n) is 1.87. The summed E-state index contributed by atoms with van der Waals surface area (Å²) in [5, 5.41) is 12.3. The van der Waals surface area contributed by atoms with Gasteiger partial charge in [0.1, 0.15) is 5.82 Å². The first kappa shape index (κ1) is 14.8. The molecule has 102 valence electrons. The number of hydrogen-bond donors (Lipinski definition) is 2. The van der Waals surface area contributed by atoms with Crippen LogP contribution in [-0.4, -0.2) is 35.8 Å². The molecule has 0 saturated carbocycles. The van der Waals surface area contributed by atoms with Gasteiger partial charge in [0, 0.05) is 43.7 Å². The van der Waals surface area contributed by atoms with Gasteiger partial charge in [-0.05, 0) is 32.8 Å². The lowest BCUT2D eigenvalue weighted by atomic mass is 10.2. The quantitative estimate of drug-likeness (QED) is 0.745. The average Bonchev–Trinajstić information content (AvgIpc) is 2.37. The van der Waals surface area contributed by atoms with Gasteiger partial charge in [-0.2, -0.15) is 0 Å². The SMILES string of the molecule is CCCNc1cc(N(CCCO)C(C)C)ccn1. The van der Waals surface area contributed by atoms with Gasteiger partial charge >= 0.3 is 0 Å². The number of anilines is 2. The predicted octanol–water partition coefficient (Wildman–Crippen LogP) is 2.50. The number of hydrogen-bond acceptors (Lipinski definition) is 4. The molecule has 1 rings (SSSR count). The summed E-state index contributed by atoms with van der Waals surface area (Å²) in [6.45, 7) is 8.50. The maximum absolute atomic E-state index is 8.96. The average molecular weight is 251 g/mol. The van der Waals surface area contributed by atoms with Crippen LogP contribution in [0.1, 0.15) is 33.6 Å². The predicted molar refractivity (Wildman–Crippen MR) is 77.2 cm³/mol. The number of aliphatic hydroxyl groups is 1. The number of nitrogens with zero attached hydrogens (tertiary/aromatic N) is 2. The monoisotopic (exact) mass is 251 g/mol. The molecular weight excluding hydrogens is 226 g/mol. The van der Waals surface area contributed by atoms with E-state index in [1.165, 1.54) is 0 Å². The van der Waals surface area contributed by atoms with Crippen molar-refractivity contribution < 1.29 is 5.11 Å². The molecule has 2 N–H and O–H groups in total. The highest BCUT2D eigenvalue weighted by atomic mass is 16.3. The van der Waals surface area contributed by atoms with E-state index in [0.717, 1.165) is 37.4 Å². The van der Waals surface area contributed by atoms with Gasteiger partial charge in [-0.25, -0.2) is 4.98 Å². The molecule has 0 fully saturated rings. The van der Waals surface area contributed by atoms with E-state index in [9.17, 15) is 0 Å². The summed E-state index contributed by atoms with van der Waals surface area (Å²) in [6, 6.07) is 4.51. The van der Waals surface area contributed by atoms with Crippen LogP contribution in [-0.2, 0) is 0 Å². The Morgan fingerprint density at radius 3 is 2.83 bits per heavy atom. The van der Waals surface area contributed by atoms with Crippen LogP contribution in [0.15, 0.2) is 18.3 Å². The molecule has 0 aliphatic heterocycles. The Bertz CT molecular complexity index is 342. The molecule has 4 heteroatoms. The van der Waals surface area contributed by atoms with Gasteiger partial charge in [0.05, 0.1) is 0 Å². The van der Waals surface area contributed by atoms with Gasteiger partial charge < -0.3 is 15.3 Å². The minimum atomic E-state index is 0.231. The summed E-state index contributed by atoms with van der Waals surface area (Å²) in [4.78, 5) is 6.60. The minimum absolute atomic E-state index is 0.231. The highest BCUT2D eigenvalue weighted by Crippen LogP contribution is 2.19. The minimum Gasteiger partial charge on any atom is -0.396 e. The Kier molecular flexibility index (Phi) is 6.50. The molecule has 1 heterocycles. The van der Waals surface area contributed by atoms with Crippen LogP contribution < -0.4 is 10.2 Å². The molecule has 0 aliphatic carbocycles. The molecule has 0 aliphatic rings. The molecule has 0 atom stereocenters. The van der Waals surface area contributed by atoms with Crippen molar-refractivity contribution in [1.82, 2.24) is 4.98 Å². The van der Waals surface area contributed by atoms with Gasteiger partial charge in [-0.3, -0.25) is 0 Å². The molecule has 18 heavy (non-hydrogen) atoms. The molecule has 0 saturated heterocycles. The molecular formula is C14H25N3O. The second kappa shape index (κ2) is 7.93. The molecule has 0 unspecified atom stereocenters. The Labute approximate surface area is 110 Å². The van der Waals surface area contributed by atoms with Crippen molar-refractivity contribution in [3.05, 3.63) is 18.3 Å². The number of aliphatic hydroxyl groups excluding tert-OH is 1. The van der Waals surface area contributed by atoms with Crippen molar-refractivity contribution in [2.45, 2.75) is 39.7 Å². The molecule has 0 spiro atoms. The maximum atomic E-state index is 8.96. The topological polar surface area (TPSA) is 48.4 Å². The van der Waals surface area contributed by atoms with E-state index in [1.807, 2.05) is 12.3 Å². The zero-order valence-electron chi connectivity index (χ0n) is 11.7. The Morgan fingerprint density at radius 1 is 1.44 bits per heavy atom. The lowest BCUT2D eigenvalue weighted by molar-refractivity contribution is 0.288. The maximum Gasteiger partial charge on any atom is 0.127 e. The number of rotatable bonds is 8. The van der Waals surface area contributed by atoms with E-state index in [1.54, 1.807) is 0 Å². The van der Waals surface area contributed by atoms with Crippen LogP contribution in [0.4, 0.5) is 11.5 Å². The summed E-state index contributed by atoms with van der Waals surface area (Å²) in [5.41, 5.74) is 1.16. The highest BCUT2D eigenvalue weighted by Gasteiger charge is 2.10. The van der Waals surface area contributed by atoms with Crippen molar-refractivity contribution in [1.29, 1.82) is 0 Å². The Morgan fingerprint density at radius 2 is 2.22 bits per heavy atom. The zero-order chi connectivity index (χ0) is 13.4. The van der Waals surface area contributed by atoms with Crippen LogP contribution >= 0.6 is 0 Å². The second-order valence-corrected chi connectivity index (χ2v) is 4.69. The Hall–Kier alpha value is -1.29. The lowest BCUT2D eigenvalue weighted by Gasteiger charge is -2.29. The molecule has 1 aromatic rings. The fourth-order valence-corrected chi connectivity index (χ4v) is 1.87. The summed E-state index contributed by atoms with van der Waals surface area (Å²) < 4.78 is 0. The van der Waals surface area contributed by atoms with Crippen molar-refractivity contribution in [3.8, 4) is 0 Å². The zero-order valence-corrected chi connectivity index (χ0v) is 11.7. The van der Waals surface area contributed by atoms with Crippen molar-refractivity contribution in [2.24, 2.45) is 0 Å². The smallest absolute Gasteiger partial charge is 0.127 e. The van der Waals surface area contributed by atoms with Gasteiger partial charge in [0.15, 0.2) is 0 Å². The second-order valence-electron chi connectivity index (χ2n) is 4.69. The number of pyridine rings is 1. The van der Waals surface area contributed by atoms with E-state index in [-0.39, 0.29) is 6.61 Å². The standard InChI is InChI=1S/C14H25N3O/c1-4-7-15-14-11-13(6-8-16-14)17(12(2)3)9-5-10-18/h6,8,11-12,18H,4-5,7,9-10H2,1-3H3,(H,15,16). The first-order valence-corrected chi connectivity index (χ1v) is 6.76. The molecule has 4 nitrogen and oxygen atoms in total. The summed E-state index contributed by atoms with van der Waals surface area (Å²) >= 11 is 0. The van der Waals surface area contributed by atoms with E-state index < -0.39 is 0 Å². The fraction of sp³-hybridized carbons (Fsp3) is 0.643. The first-order chi connectivity index (χ1) is 8.69. The van der Waals surface area contributed by atoms with E-state index in [4.69, 9.17) is 5.11 Å². The van der Waals surface area contributed by atoms with E-state index in [0.29, 0.717) is 6.04 Å². The normalized spacial score (nSPS) is 10.7. The number of aromatic nitrogens is 1. The van der Waals surface area contributed by atoms with Crippen LogP contribution in [0.5, 0.6) is 0 Å². The van der Waals surface area contributed by atoms with Gasteiger partial charge in [0.25, 0.3) is 0 Å². The van der Waals surface area contributed by atoms with Crippen LogP contribution in [0.25, 0.3) is 0 Å². The van der Waals surface area contributed by atoms with Crippen molar-refractivity contribution >= 4 is 11.5 Å². The molecule has 0 amide bonds. The van der Waals surface area contributed by atoms with Crippen LogP contribution in [0.2, 0.25) is 0 Å². The molecule has 1 aromatic heterocycles. The summed E-state index contributed by atoms with van der Waals surface area (Å²) in [6.07, 6.45) is 3.71. The summed E-state index contributed by atoms with van der Waals surface area (Å²) in [7, 11) is 0. The van der Waals surface area contributed by atoms with Crippen LogP contribution in [0, 0.1) is 0 Å². The van der Waals surface area contributed by atoms with Crippen molar-refractivity contribution in [3.63, 3.8) is 0 Å². The van der Waals surface area contributed by atoms with Gasteiger partial charge in [-0.15, -0.1) is 0 Å². The third-order valence-corrected chi connectivity index (χ3v) is 2.81. The van der Waals surface area contributed by atoms with Gasteiger partial charge in [-0.1, -0.05) is 6.92 Å². The summed E-state index contributed by atoms with van der Waals surface area (Å²) in [5.74, 6) is 0.920. The first-order valence-electron chi connectivity index (χ1n) is 6.76. The molecule has 0 bridgehead atoms. The lowest BCUT2D eigenvalue weighted by Crippen LogP contribution is -2.32. The molecule has 0 aromatic carbocycles. The van der Waals surface area contributed by atoms with Crippen molar-refractivity contribution in [2.75, 3.05) is 29.9 Å². The third kappa shape index (κ3) is 4.53. The van der Waals surface area contributed by atoms with E-state index >= 15 is 0 Å². The third-order valence-electron chi connectivity index (χ3n) is 2.81. The van der Waals surface area contributed by atoms with Gasteiger partial charge in [0.2, 0.25) is 0 Å². The van der Waals surface area contributed by atoms with E-state index in [2.05, 4.69) is 42.0 Å².